The molecule has 2 unspecified atom stereocenters. The molecule has 1 N–H and O–H groups in total. The molecule has 0 amide bonds. The highest BCUT2D eigenvalue weighted by Crippen LogP contribution is 2.29. The van der Waals surface area contributed by atoms with E-state index in [0.29, 0.717) is 11.3 Å². The van der Waals surface area contributed by atoms with Gasteiger partial charge in [0, 0.05) is 48.1 Å². The first-order chi connectivity index (χ1) is 9.24. The molecule has 2 heterocycles. The van der Waals surface area contributed by atoms with Crippen molar-refractivity contribution in [2.75, 3.05) is 17.2 Å². The lowest BCUT2D eigenvalue weighted by Crippen LogP contribution is -2.44. The molecule has 1 saturated carbocycles. The van der Waals surface area contributed by atoms with Gasteiger partial charge in [-0.25, -0.2) is 0 Å². The molecule has 2 atom stereocenters. The number of anilines is 1. The van der Waals surface area contributed by atoms with Crippen LogP contribution in [0.5, 0.6) is 0 Å². The van der Waals surface area contributed by atoms with Crippen LogP contribution in [-0.4, -0.2) is 34.6 Å². The van der Waals surface area contributed by atoms with E-state index in [4.69, 9.17) is 0 Å². The average molecular weight is 277 g/mol. The number of pyridine rings is 1. The van der Waals surface area contributed by atoms with Crippen LogP contribution >= 0.6 is 11.8 Å². The third-order valence-electron chi connectivity index (χ3n) is 4.16. The molecule has 4 heteroatoms. The Morgan fingerprint density at radius 2 is 2.26 bits per heavy atom. The number of aromatic nitrogens is 1. The molecule has 0 bridgehead atoms. The van der Waals surface area contributed by atoms with Crippen LogP contribution in [0.1, 0.15) is 32.4 Å². The Bertz CT molecular complexity index is 433. The lowest BCUT2D eigenvalue weighted by Gasteiger charge is -2.39. The topological polar surface area (TPSA) is 28.2 Å². The van der Waals surface area contributed by atoms with E-state index in [2.05, 4.69) is 52.9 Å². The van der Waals surface area contributed by atoms with Gasteiger partial charge in [-0.05, 0) is 31.9 Å². The Labute approximate surface area is 120 Å². The highest BCUT2D eigenvalue weighted by atomic mass is 32.2. The molecule has 3 nitrogen and oxygen atoms in total. The highest BCUT2D eigenvalue weighted by Gasteiger charge is 2.25. The monoisotopic (exact) mass is 277 g/mol. The fourth-order valence-corrected chi connectivity index (χ4v) is 3.67. The van der Waals surface area contributed by atoms with Crippen LogP contribution in [0.15, 0.2) is 18.3 Å². The molecule has 2 aliphatic rings. The lowest BCUT2D eigenvalue weighted by molar-refractivity contribution is 0.624. The second-order valence-electron chi connectivity index (χ2n) is 5.67. The van der Waals surface area contributed by atoms with Crippen molar-refractivity contribution >= 4 is 17.4 Å². The fraction of sp³-hybridized carbons (Fsp3) is 0.667. The van der Waals surface area contributed by atoms with E-state index in [9.17, 15) is 0 Å². The minimum absolute atomic E-state index is 0.602. The second kappa shape index (κ2) is 5.71. The molecule has 1 aromatic rings. The molecule has 0 radical (unpaired) electrons. The summed E-state index contributed by atoms with van der Waals surface area (Å²) < 4.78 is 0. The van der Waals surface area contributed by atoms with Crippen molar-refractivity contribution in [3.05, 3.63) is 24.0 Å². The molecule has 1 aliphatic heterocycles. The summed E-state index contributed by atoms with van der Waals surface area (Å²) in [7, 11) is 0. The Morgan fingerprint density at radius 1 is 1.42 bits per heavy atom. The Hall–Kier alpha value is -0.740. The van der Waals surface area contributed by atoms with E-state index in [0.717, 1.165) is 19.1 Å². The summed E-state index contributed by atoms with van der Waals surface area (Å²) in [5.74, 6) is 1.23. The van der Waals surface area contributed by atoms with Gasteiger partial charge in [0.1, 0.15) is 0 Å². The van der Waals surface area contributed by atoms with Crippen molar-refractivity contribution < 1.29 is 0 Å². The minimum Gasteiger partial charge on any atom is -0.367 e. The van der Waals surface area contributed by atoms with Gasteiger partial charge in [0.25, 0.3) is 0 Å². The Kier molecular flexibility index (Phi) is 3.99. The van der Waals surface area contributed by atoms with E-state index >= 15 is 0 Å². The van der Waals surface area contributed by atoms with Crippen molar-refractivity contribution in [3.8, 4) is 0 Å². The van der Waals surface area contributed by atoms with Crippen LogP contribution in [0.3, 0.4) is 0 Å². The van der Waals surface area contributed by atoms with Crippen LogP contribution in [0, 0.1) is 0 Å². The van der Waals surface area contributed by atoms with Crippen LogP contribution in [0.4, 0.5) is 5.69 Å². The van der Waals surface area contributed by atoms with Crippen molar-refractivity contribution in [1.29, 1.82) is 0 Å². The Morgan fingerprint density at radius 3 is 3.05 bits per heavy atom. The highest BCUT2D eigenvalue weighted by molar-refractivity contribution is 8.00. The van der Waals surface area contributed by atoms with Crippen LogP contribution in [0.2, 0.25) is 0 Å². The summed E-state index contributed by atoms with van der Waals surface area (Å²) in [5.41, 5.74) is 2.50. The van der Waals surface area contributed by atoms with Crippen molar-refractivity contribution in [2.24, 2.45) is 0 Å². The van der Waals surface area contributed by atoms with Crippen LogP contribution in [0.25, 0.3) is 0 Å². The van der Waals surface area contributed by atoms with Crippen molar-refractivity contribution in [1.82, 2.24) is 10.3 Å². The maximum absolute atomic E-state index is 4.48. The lowest BCUT2D eigenvalue weighted by atomic mass is 10.1. The van der Waals surface area contributed by atoms with Crippen LogP contribution in [-0.2, 0) is 6.54 Å². The van der Waals surface area contributed by atoms with Gasteiger partial charge in [0.05, 0.1) is 5.69 Å². The zero-order valence-corrected chi connectivity index (χ0v) is 12.6. The Balaban J connectivity index is 1.70. The first kappa shape index (κ1) is 13.3. The van der Waals surface area contributed by atoms with E-state index in [1.807, 2.05) is 6.20 Å². The summed E-state index contributed by atoms with van der Waals surface area (Å²) in [6.07, 6.45) is 4.62. The standard InChI is InChI=1S/C15H23N3S/c1-11-12(2)19-8-7-18(11)15-5-6-16-14(9-15)10-17-13-3-4-13/h5-6,9,11-13,17H,3-4,7-8,10H2,1-2H3. The molecule has 3 rings (SSSR count). The number of hydrogen-bond acceptors (Lipinski definition) is 4. The number of thioether (sulfide) groups is 1. The molecule has 2 fully saturated rings. The van der Waals surface area contributed by atoms with Gasteiger partial charge in [-0.15, -0.1) is 0 Å². The van der Waals surface area contributed by atoms with Crippen molar-refractivity contribution in [3.63, 3.8) is 0 Å². The first-order valence-electron chi connectivity index (χ1n) is 7.30. The molecule has 1 aliphatic carbocycles. The zero-order valence-electron chi connectivity index (χ0n) is 11.8. The van der Waals surface area contributed by atoms with Crippen molar-refractivity contribution in [2.45, 2.75) is 50.6 Å². The minimum atomic E-state index is 0.602. The molecule has 1 aromatic heterocycles. The predicted octanol–water partition coefficient (Wildman–Crippen LogP) is 2.66. The number of nitrogens with one attached hydrogen (secondary N) is 1. The van der Waals surface area contributed by atoms with Gasteiger partial charge in [0.15, 0.2) is 0 Å². The molecule has 0 aromatic carbocycles. The molecular formula is C15H23N3S. The van der Waals surface area contributed by atoms with Gasteiger partial charge in [0.2, 0.25) is 0 Å². The van der Waals surface area contributed by atoms with Gasteiger partial charge >= 0.3 is 0 Å². The maximum Gasteiger partial charge on any atom is 0.0562 e. The summed E-state index contributed by atoms with van der Waals surface area (Å²) in [4.78, 5) is 7.01. The third kappa shape index (κ3) is 3.23. The summed E-state index contributed by atoms with van der Waals surface area (Å²) in [6.45, 7) is 6.72. The number of nitrogens with zero attached hydrogens (tertiary/aromatic N) is 2. The number of hydrogen-bond donors (Lipinski definition) is 1. The molecule has 1 saturated heterocycles. The van der Waals surface area contributed by atoms with Crippen LogP contribution < -0.4 is 10.2 Å². The zero-order chi connectivity index (χ0) is 13.2. The average Bonchev–Trinajstić information content (AvgIpc) is 3.24. The van der Waals surface area contributed by atoms with E-state index in [1.165, 1.54) is 30.0 Å². The fourth-order valence-electron chi connectivity index (χ4n) is 2.57. The van der Waals surface area contributed by atoms with Gasteiger partial charge in [-0.3, -0.25) is 4.98 Å². The molecule has 0 spiro atoms. The summed E-state index contributed by atoms with van der Waals surface area (Å²) in [6, 6.07) is 5.76. The normalized spacial score (nSPS) is 27.6. The van der Waals surface area contributed by atoms with E-state index < -0.39 is 0 Å². The smallest absolute Gasteiger partial charge is 0.0562 e. The first-order valence-corrected chi connectivity index (χ1v) is 8.35. The maximum atomic E-state index is 4.48. The molecule has 19 heavy (non-hydrogen) atoms. The summed E-state index contributed by atoms with van der Waals surface area (Å²) >= 11 is 2.08. The SMILES string of the molecule is CC1SCCN(c2ccnc(CNC3CC3)c2)C1C. The second-order valence-corrected chi connectivity index (χ2v) is 7.16. The predicted molar refractivity (Wildman–Crippen MR) is 82.8 cm³/mol. The largest absolute Gasteiger partial charge is 0.367 e. The van der Waals surface area contributed by atoms with E-state index in [1.54, 1.807) is 0 Å². The van der Waals surface area contributed by atoms with Gasteiger partial charge in [-0.2, -0.15) is 11.8 Å². The van der Waals surface area contributed by atoms with Gasteiger partial charge < -0.3 is 10.2 Å². The molecular weight excluding hydrogens is 254 g/mol. The van der Waals surface area contributed by atoms with Gasteiger partial charge in [-0.1, -0.05) is 6.92 Å². The van der Waals surface area contributed by atoms with E-state index in [-0.39, 0.29) is 0 Å². The number of rotatable bonds is 4. The molecule has 104 valence electrons. The quantitative estimate of drug-likeness (QED) is 0.916. The summed E-state index contributed by atoms with van der Waals surface area (Å²) in [5, 5.41) is 4.24. The third-order valence-corrected chi connectivity index (χ3v) is 5.50.